The van der Waals surface area contributed by atoms with Gasteiger partial charge in [0.1, 0.15) is 0 Å². The van der Waals surface area contributed by atoms with Crippen LogP contribution in [-0.2, 0) is 9.53 Å². The van der Waals surface area contributed by atoms with E-state index in [9.17, 15) is 4.79 Å². The molecule has 64 valence electrons. The van der Waals surface area contributed by atoms with Gasteiger partial charge in [-0.25, -0.2) is 0 Å². The van der Waals surface area contributed by atoms with Crippen LogP contribution in [0.25, 0.3) is 0 Å². The number of hydrogen-bond donors (Lipinski definition) is 1. The summed E-state index contributed by atoms with van der Waals surface area (Å²) in [6, 6.07) is 0. The van der Waals surface area contributed by atoms with Crippen molar-refractivity contribution < 1.29 is 9.53 Å². The molecule has 1 aliphatic carbocycles. The van der Waals surface area contributed by atoms with Gasteiger partial charge in [0.05, 0.1) is 6.61 Å². The average molecular weight is 157 g/mol. The lowest BCUT2D eigenvalue weighted by Gasteiger charge is -2.40. The summed E-state index contributed by atoms with van der Waals surface area (Å²) >= 11 is 0. The fourth-order valence-electron chi connectivity index (χ4n) is 1.61. The molecule has 1 rings (SSSR count). The normalized spacial score (nSPS) is 20.5. The van der Waals surface area contributed by atoms with Crippen molar-refractivity contribution in [2.45, 2.75) is 19.3 Å². The van der Waals surface area contributed by atoms with Gasteiger partial charge in [-0.3, -0.25) is 4.79 Å². The molecule has 1 fully saturated rings. The molecule has 0 spiro atoms. The Hall–Kier alpha value is -0.570. The zero-order valence-corrected chi connectivity index (χ0v) is 6.93. The average Bonchev–Trinajstić information content (AvgIpc) is 1.95. The van der Waals surface area contributed by atoms with E-state index in [0.29, 0.717) is 0 Å². The van der Waals surface area contributed by atoms with Crippen molar-refractivity contribution >= 4 is 6.41 Å². The number of methoxy groups -OCH3 is 1. The monoisotopic (exact) mass is 157 g/mol. The Bertz CT molecular complexity index is 132. The van der Waals surface area contributed by atoms with Gasteiger partial charge < -0.3 is 10.1 Å². The van der Waals surface area contributed by atoms with Crippen LogP contribution < -0.4 is 5.32 Å². The highest BCUT2D eigenvalue weighted by atomic mass is 16.5. The summed E-state index contributed by atoms with van der Waals surface area (Å²) in [5.41, 5.74) is 0.260. The third kappa shape index (κ3) is 1.93. The smallest absolute Gasteiger partial charge is 0.207 e. The highest BCUT2D eigenvalue weighted by Gasteiger charge is 2.36. The Balaban J connectivity index is 2.27. The van der Waals surface area contributed by atoms with Gasteiger partial charge in [0, 0.05) is 19.1 Å². The molecule has 3 nitrogen and oxygen atoms in total. The van der Waals surface area contributed by atoms with E-state index < -0.39 is 0 Å². The van der Waals surface area contributed by atoms with E-state index in [0.717, 1.165) is 19.6 Å². The van der Waals surface area contributed by atoms with Crippen molar-refractivity contribution in [3.63, 3.8) is 0 Å². The molecular weight excluding hydrogens is 142 g/mol. The number of carbonyl (C=O) groups excluding carboxylic acids is 1. The molecular formula is C8H15NO2. The lowest BCUT2D eigenvalue weighted by Crippen LogP contribution is -2.42. The van der Waals surface area contributed by atoms with Crippen LogP contribution in [0.15, 0.2) is 0 Å². The molecule has 0 aromatic carbocycles. The predicted octanol–water partition coefficient (Wildman–Crippen LogP) is 0.549. The molecule has 11 heavy (non-hydrogen) atoms. The maximum absolute atomic E-state index is 10.0. The zero-order chi connectivity index (χ0) is 8.16. The summed E-state index contributed by atoms with van der Waals surface area (Å²) in [6.45, 7) is 1.54. The van der Waals surface area contributed by atoms with Gasteiger partial charge in [0.25, 0.3) is 0 Å². The number of ether oxygens (including phenoxy) is 1. The second-order valence-corrected chi connectivity index (χ2v) is 3.29. The molecule has 1 aliphatic rings. The van der Waals surface area contributed by atoms with Gasteiger partial charge in [0.2, 0.25) is 6.41 Å². The quantitative estimate of drug-likeness (QED) is 0.592. The van der Waals surface area contributed by atoms with Crippen LogP contribution in [0, 0.1) is 5.41 Å². The third-order valence-corrected chi connectivity index (χ3v) is 2.43. The topological polar surface area (TPSA) is 38.3 Å². The second-order valence-electron chi connectivity index (χ2n) is 3.29. The molecule has 1 amide bonds. The van der Waals surface area contributed by atoms with Crippen LogP contribution in [0.4, 0.5) is 0 Å². The lowest BCUT2D eigenvalue weighted by molar-refractivity contribution is -0.110. The van der Waals surface area contributed by atoms with E-state index in [1.165, 1.54) is 19.3 Å². The summed E-state index contributed by atoms with van der Waals surface area (Å²) in [5, 5.41) is 2.72. The van der Waals surface area contributed by atoms with Crippen molar-refractivity contribution in [1.82, 2.24) is 5.32 Å². The van der Waals surface area contributed by atoms with E-state index in [1.54, 1.807) is 7.11 Å². The summed E-state index contributed by atoms with van der Waals surface area (Å²) in [5.74, 6) is 0. The van der Waals surface area contributed by atoms with Gasteiger partial charge in [-0.2, -0.15) is 0 Å². The van der Waals surface area contributed by atoms with Crippen molar-refractivity contribution in [2.75, 3.05) is 20.3 Å². The van der Waals surface area contributed by atoms with Crippen molar-refractivity contribution in [2.24, 2.45) is 5.41 Å². The predicted molar refractivity (Wildman–Crippen MR) is 42.2 cm³/mol. The van der Waals surface area contributed by atoms with Crippen LogP contribution in [0.2, 0.25) is 0 Å². The van der Waals surface area contributed by atoms with Gasteiger partial charge in [-0.05, 0) is 12.8 Å². The maximum atomic E-state index is 10.0. The van der Waals surface area contributed by atoms with Crippen molar-refractivity contribution in [1.29, 1.82) is 0 Å². The molecule has 3 heteroatoms. The lowest BCUT2D eigenvalue weighted by atomic mass is 9.69. The zero-order valence-electron chi connectivity index (χ0n) is 6.93. The van der Waals surface area contributed by atoms with Gasteiger partial charge >= 0.3 is 0 Å². The Labute approximate surface area is 67.1 Å². The van der Waals surface area contributed by atoms with Crippen molar-refractivity contribution in [3.8, 4) is 0 Å². The number of rotatable bonds is 5. The maximum Gasteiger partial charge on any atom is 0.207 e. The number of carbonyl (C=O) groups is 1. The SMILES string of the molecule is COCC1(CNC=O)CCC1. The summed E-state index contributed by atoms with van der Waals surface area (Å²) in [6.07, 6.45) is 4.39. The van der Waals surface area contributed by atoms with Crippen LogP contribution in [-0.4, -0.2) is 26.7 Å². The summed E-state index contributed by atoms with van der Waals surface area (Å²) < 4.78 is 5.09. The molecule has 0 aromatic rings. The van der Waals surface area contributed by atoms with Crippen LogP contribution >= 0.6 is 0 Å². The first-order valence-corrected chi connectivity index (χ1v) is 3.99. The molecule has 1 saturated carbocycles. The Morgan fingerprint density at radius 3 is 2.73 bits per heavy atom. The molecule has 0 bridgehead atoms. The molecule has 1 N–H and O–H groups in total. The van der Waals surface area contributed by atoms with Crippen LogP contribution in [0.3, 0.4) is 0 Å². The Kier molecular flexibility index (Phi) is 2.88. The van der Waals surface area contributed by atoms with E-state index in [4.69, 9.17) is 4.74 Å². The molecule has 0 heterocycles. The van der Waals surface area contributed by atoms with Gasteiger partial charge in [-0.15, -0.1) is 0 Å². The number of nitrogens with one attached hydrogen (secondary N) is 1. The van der Waals surface area contributed by atoms with Gasteiger partial charge in [0.15, 0.2) is 0 Å². The van der Waals surface area contributed by atoms with Crippen LogP contribution in [0.1, 0.15) is 19.3 Å². The van der Waals surface area contributed by atoms with E-state index in [-0.39, 0.29) is 5.41 Å². The minimum atomic E-state index is 0.260. The Morgan fingerprint density at radius 1 is 1.64 bits per heavy atom. The first-order valence-electron chi connectivity index (χ1n) is 3.99. The first kappa shape index (κ1) is 8.53. The number of amides is 1. The minimum absolute atomic E-state index is 0.260. The summed E-state index contributed by atoms with van der Waals surface area (Å²) in [4.78, 5) is 10.0. The first-order chi connectivity index (χ1) is 5.33. The standard InChI is InChI=1S/C8H15NO2/c1-11-6-8(3-2-4-8)5-9-7-10/h7H,2-6H2,1H3,(H,9,10). The van der Waals surface area contributed by atoms with Gasteiger partial charge in [-0.1, -0.05) is 6.42 Å². The largest absolute Gasteiger partial charge is 0.384 e. The molecule has 0 radical (unpaired) electrons. The molecule has 0 aromatic heterocycles. The fraction of sp³-hybridized carbons (Fsp3) is 0.875. The molecule has 0 saturated heterocycles. The van der Waals surface area contributed by atoms with E-state index in [1.807, 2.05) is 0 Å². The fourth-order valence-corrected chi connectivity index (χ4v) is 1.61. The van der Waals surface area contributed by atoms with E-state index in [2.05, 4.69) is 5.32 Å². The molecule has 0 aliphatic heterocycles. The van der Waals surface area contributed by atoms with Crippen molar-refractivity contribution in [3.05, 3.63) is 0 Å². The third-order valence-electron chi connectivity index (χ3n) is 2.43. The highest BCUT2D eigenvalue weighted by molar-refractivity contribution is 5.46. The number of hydrogen-bond acceptors (Lipinski definition) is 2. The highest BCUT2D eigenvalue weighted by Crippen LogP contribution is 2.40. The second kappa shape index (κ2) is 3.72. The summed E-state index contributed by atoms with van der Waals surface area (Å²) in [7, 11) is 1.71. The minimum Gasteiger partial charge on any atom is -0.384 e. The Morgan fingerprint density at radius 2 is 2.36 bits per heavy atom. The molecule has 0 unspecified atom stereocenters. The van der Waals surface area contributed by atoms with E-state index >= 15 is 0 Å². The van der Waals surface area contributed by atoms with Crippen LogP contribution in [0.5, 0.6) is 0 Å². The molecule has 0 atom stereocenters.